The van der Waals surface area contributed by atoms with E-state index >= 15 is 0 Å². The highest BCUT2D eigenvalue weighted by molar-refractivity contribution is 5.84. The fraction of sp³-hybridized carbons (Fsp3) is 0.423. The lowest BCUT2D eigenvalue weighted by Crippen LogP contribution is -2.53. The summed E-state index contributed by atoms with van der Waals surface area (Å²) in [6.45, 7) is 2.83. The van der Waals surface area contributed by atoms with Crippen molar-refractivity contribution >= 4 is 18.0 Å². The van der Waals surface area contributed by atoms with Crippen molar-refractivity contribution in [1.82, 2.24) is 10.2 Å². The van der Waals surface area contributed by atoms with Gasteiger partial charge >= 0.3 is 12.1 Å². The van der Waals surface area contributed by atoms with E-state index in [1.807, 2.05) is 36.4 Å². The third kappa shape index (κ3) is 5.63. The Morgan fingerprint density at radius 2 is 1.77 bits per heavy atom. The number of ether oxygens (including phenoxy) is 3. The number of fused-ring (bicyclic) bond motifs is 3. The van der Waals surface area contributed by atoms with Crippen molar-refractivity contribution in [2.45, 2.75) is 31.4 Å². The maximum atomic E-state index is 12.8. The number of alkyl carbamates (subject to hydrolysis) is 1. The summed E-state index contributed by atoms with van der Waals surface area (Å²) in [5.41, 5.74) is 4.54. The summed E-state index contributed by atoms with van der Waals surface area (Å²) in [6.07, 6.45) is -1.26. The van der Waals surface area contributed by atoms with Gasteiger partial charge in [0, 0.05) is 25.6 Å². The molecule has 186 valence electrons. The van der Waals surface area contributed by atoms with E-state index in [9.17, 15) is 19.5 Å². The average molecular weight is 483 g/mol. The normalized spacial score (nSPS) is 17.9. The molecule has 0 saturated carbocycles. The van der Waals surface area contributed by atoms with Gasteiger partial charge in [-0.3, -0.25) is 4.79 Å². The van der Waals surface area contributed by atoms with Crippen LogP contribution in [0.2, 0.25) is 0 Å². The van der Waals surface area contributed by atoms with Crippen LogP contribution in [0.5, 0.6) is 0 Å². The molecule has 1 heterocycles. The van der Waals surface area contributed by atoms with Gasteiger partial charge in [-0.15, -0.1) is 0 Å². The molecule has 2 aliphatic rings. The zero-order valence-electron chi connectivity index (χ0n) is 19.6. The van der Waals surface area contributed by atoms with Gasteiger partial charge in [0.25, 0.3) is 0 Å². The quantitative estimate of drug-likeness (QED) is 0.565. The van der Waals surface area contributed by atoms with Gasteiger partial charge in [0.2, 0.25) is 5.91 Å². The molecule has 2 aromatic carbocycles. The average Bonchev–Trinajstić information content (AvgIpc) is 3.19. The van der Waals surface area contributed by atoms with E-state index in [0.717, 1.165) is 22.3 Å². The first-order chi connectivity index (χ1) is 17.0. The maximum absolute atomic E-state index is 12.8. The Labute approximate surface area is 204 Å². The molecule has 4 rings (SSSR count). The minimum Gasteiger partial charge on any atom is -0.480 e. The molecule has 1 aliphatic heterocycles. The van der Waals surface area contributed by atoms with Crippen LogP contribution in [0.3, 0.4) is 0 Å². The Morgan fingerprint density at radius 3 is 2.40 bits per heavy atom. The monoisotopic (exact) mass is 482 g/mol. The fourth-order valence-corrected chi connectivity index (χ4v) is 4.69. The van der Waals surface area contributed by atoms with Crippen LogP contribution in [-0.2, 0) is 23.8 Å². The SMILES string of the molecule is CCOC(CNC(=O)OCC1c2ccccc2-c2ccccc21)CC(=O)N1CCOCC1C(=O)O. The Balaban J connectivity index is 1.31. The van der Waals surface area contributed by atoms with Gasteiger partial charge < -0.3 is 29.5 Å². The first-order valence-electron chi connectivity index (χ1n) is 11.8. The largest absolute Gasteiger partial charge is 0.480 e. The first kappa shape index (κ1) is 24.7. The maximum Gasteiger partial charge on any atom is 0.407 e. The van der Waals surface area contributed by atoms with Crippen LogP contribution in [0.25, 0.3) is 11.1 Å². The number of morpholine rings is 1. The van der Waals surface area contributed by atoms with Crippen LogP contribution in [-0.4, -0.2) is 79.6 Å². The van der Waals surface area contributed by atoms with Crippen molar-refractivity contribution in [3.8, 4) is 11.1 Å². The Bertz CT molecular complexity index is 1030. The number of nitrogens with zero attached hydrogens (tertiary/aromatic N) is 1. The number of carbonyl (C=O) groups is 3. The second-order valence-corrected chi connectivity index (χ2v) is 8.50. The first-order valence-corrected chi connectivity index (χ1v) is 11.8. The smallest absolute Gasteiger partial charge is 0.407 e. The van der Waals surface area contributed by atoms with Gasteiger partial charge in [-0.2, -0.15) is 0 Å². The second-order valence-electron chi connectivity index (χ2n) is 8.50. The Hall–Kier alpha value is -3.43. The van der Waals surface area contributed by atoms with E-state index in [4.69, 9.17) is 14.2 Å². The highest BCUT2D eigenvalue weighted by Crippen LogP contribution is 2.44. The molecule has 2 unspecified atom stereocenters. The topological polar surface area (TPSA) is 114 Å². The molecule has 1 saturated heterocycles. The van der Waals surface area contributed by atoms with Crippen LogP contribution in [0, 0.1) is 0 Å². The molecule has 0 aromatic heterocycles. The lowest BCUT2D eigenvalue weighted by Gasteiger charge is -2.33. The van der Waals surface area contributed by atoms with Gasteiger partial charge in [0.15, 0.2) is 6.04 Å². The van der Waals surface area contributed by atoms with Crippen molar-refractivity contribution in [3.63, 3.8) is 0 Å². The number of hydrogen-bond acceptors (Lipinski definition) is 6. The van der Waals surface area contributed by atoms with E-state index in [1.54, 1.807) is 6.92 Å². The second kappa shape index (κ2) is 11.3. The van der Waals surface area contributed by atoms with E-state index in [-0.39, 0.29) is 51.2 Å². The molecule has 1 fully saturated rings. The van der Waals surface area contributed by atoms with Gasteiger partial charge in [0.1, 0.15) is 6.61 Å². The number of nitrogens with one attached hydrogen (secondary N) is 1. The molecule has 9 heteroatoms. The number of amides is 2. The molecular formula is C26H30N2O7. The molecule has 0 radical (unpaired) electrons. The van der Waals surface area contributed by atoms with Crippen LogP contribution < -0.4 is 5.32 Å². The number of carboxylic acid groups (broad SMARTS) is 1. The van der Waals surface area contributed by atoms with Crippen molar-refractivity contribution in [2.75, 3.05) is 39.5 Å². The molecule has 1 aliphatic carbocycles. The van der Waals surface area contributed by atoms with Crippen molar-refractivity contribution in [3.05, 3.63) is 59.7 Å². The predicted molar refractivity (Wildman–Crippen MR) is 127 cm³/mol. The summed E-state index contributed by atoms with van der Waals surface area (Å²) >= 11 is 0. The van der Waals surface area contributed by atoms with Crippen LogP contribution >= 0.6 is 0 Å². The molecule has 2 atom stereocenters. The predicted octanol–water partition coefficient (Wildman–Crippen LogP) is 2.63. The number of aliphatic carboxylic acids is 1. The molecule has 35 heavy (non-hydrogen) atoms. The molecular weight excluding hydrogens is 452 g/mol. The third-order valence-electron chi connectivity index (χ3n) is 6.36. The number of carbonyl (C=O) groups excluding carboxylic acids is 2. The van der Waals surface area contributed by atoms with Crippen molar-refractivity contribution in [1.29, 1.82) is 0 Å². The summed E-state index contributed by atoms with van der Waals surface area (Å²) in [6, 6.07) is 15.2. The summed E-state index contributed by atoms with van der Waals surface area (Å²) in [5, 5.41) is 12.0. The number of rotatable bonds is 9. The minimum absolute atomic E-state index is 0.0433. The van der Waals surface area contributed by atoms with Crippen LogP contribution in [0.15, 0.2) is 48.5 Å². The standard InChI is InChI=1S/C26H30N2O7/c1-2-34-17(13-24(29)28-11-12-33-16-23(28)25(30)31)14-27-26(32)35-15-22-20-9-5-3-7-18(20)19-8-4-6-10-21(19)22/h3-10,17,22-23H,2,11-16H2,1H3,(H,27,32)(H,30,31). The lowest BCUT2D eigenvalue weighted by molar-refractivity contribution is -0.159. The molecule has 2 aromatic rings. The highest BCUT2D eigenvalue weighted by atomic mass is 16.5. The van der Waals surface area contributed by atoms with Crippen molar-refractivity contribution < 1.29 is 33.7 Å². The summed E-state index contributed by atoms with van der Waals surface area (Å²) in [5.74, 6) is -1.51. The van der Waals surface area contributed by atoms with Gasteiger partial charge in [-0.05, 0) is 29.2 Å². The Morgan fingerprint density at radius 1 is 1.11 bits per heavy atom. The van der Waals surface area contributed by atoms with E-state index < -0.39 is 24.2 Å². The highest BCUT2D eigenvalue weighted by Gasteiger charge is 2.34. The molecule has 2 N–H and O–H groups in total. The van der Waals surface area contributed by atoms with Gasteiger partial charge in [-0.25, -0.2) is 9.59 Å². The molecule has 9 nitrogen and oxygen atoms in total. The fourth-order valence-electron chi connectivity index (χ4n) is 4.69. The number of carboxylic acids is 1. The van der Waals surface area contributed by atoms with E-state index in [1.165, 1.54) is 4.90 Å². The number of hydrogen-bond donors (Lipinski definition) is 2. The lowest BCUT2D eigenvalue weighted by atomic mass is 9.98. The summed E-state index contributed by atoms with van der Waals surface area (Å²) in [4.78, 5) is 38.0. The van der Waals surface area contributed by atoms with Crippen LogP contribution in [0.1, 0.15) is 30.4 Å². The van der Waals surface area contributed by atoms with E-state index in [2.05, 4.69) is 17.4 Å². The molecule has 0 spiro atoms. The molecule has 0 bridgehead atoms. The molecule has 2 amide bonds. The van der Waals surface area contributed by atoms with Gasteiger partial charge in [0.05, 0.1) is 25.7 Å². The minimum atomic E-state index is -1.11. The van der Waals surface area contributed by atoms with Crippen molar-refractivity contribution in [2.24, 2.45) is 0 Å². The number of benzene rings is 2. The summed E-state index contributed by atoms with van der Waals surface area (Å²) in [7, 11) is 0. The summed E-state index contributed by atoms with van der Waals surface area (Å²) < 4.78 is 16.4. The van der Waals surface area contributed by atoms with E-state index in [0.29, 0.717) is 6.61 Å². The van der Waals surface area contributed by atoms with Crippen LogP contribution in [0.4, 0.5) is 4.79 Å². The Kier molecular flexibility index (Phi) is 7.99. The zero-order chi connectivity index (χ0) is 24.8. The zero-order valence-corrected chi connectivity index (χ0v) is 19.6. The third-order valence-corrected chi connectivity index (χ3v) is 6.36. The van der Waals surface area contributed by atoms with Gasteiger partial charge in [-0.1, -0.05) is 48.5 Å².